The standard InChI is InChI=1S/C11H13F2NO2S/c1-5(2)16-11(15)8-7(14)4-6(12)10(17-3)9(8)13/h4-5H,14H2,1-3H3. The summed E-state index contributed by atoms with van der Waals surface area (Å²) in [5, 5.41) is 0. The second kappa shape index (κ2) is 5.35. The quantitative estimate of drug-likeness (QED) is 0.516. The van der Waals surface area contributed by atoms with E-state index in [1.54, 1.807) is 13.8 Å². The molecule has 0 amide bonds. The number of rotatable bonds is 3. The number of hydrogen-bond acceptors (Lipinski definition) is 4. The van der Waals surface area contributed by atoms with Gasteiger partial charge < -0.3 is 10.5 Å². The highest BCUT2D eigenvalue weighted by atomic mass is 32.2. The molecule has 1 aromatic carbocycles. The number of carbonyl (C=O) groups excluding carboxylic acids is 1. The number of carbonyl (C=O) groups is 1. The Balaban J connectivity index is 3.28. The molecule has 0 atom stereocenters. The zero-order valence-corrected chi connectivity index (χ0v) is 10.5. The van der Waals surface area contributed by atoms with E-state index < -0.39 is 29.3 Å². The first-order chi connectivity index (χ1) is 7.88. The van der Waals surface area contributed by atoms with Crippen molar-refractivity contribution in [1.29, 1.82) is 0 Å². The minimum absolute atomic E-state index is 0.241. The fraction of sp³-hybridized carbons (Fsp3) is 0.364. The second-order valence-electron chi connectivity index (χ2n) is 3.62. The van der Waals surface area contributed by atoms with Crippen molar-refractivity contribution in [3.8, 4) is 0 Å². The van der Waals surface area contributed by atoms with Crippen LogP contribution < -0.4 is 5.73 Å². The van der Waals surface area contributed by atoms with E-state index >= 15 is 0 Å². The zero-order valence-electron chi connectivity index (χ0n) is 9.71. The molecule has 0 aliphatic heterocycles. The van der Waals surface area contributed by atoms with Crippen molar-refractivity contribution >= 4 is 23.4 Å². The lowest BCUT2D eigenvalue weighted by molar-refractivity contribution is 0.0373. The topological polar surface area (TPSA) is 52.3 Å². The summed E-state index contributed by atoms with van der Waals surface area (Å²) in [6, 6.07) is 0.922. The fourth-order valence-corrected chi connectivity index (χ4v) is 1.82. The van der Waals surface area contributed by atoms with Crippen LogP contribution in [0.2, 0.25) is 0 Å². The highest BCUT2D eigenvalue weighted by Crippen LogP contribution is 2.30. The van der Waals surface area contributed by atoms with Crippen LogP contribution in [-0.2, 0) is 4.74 Å². The summed E-state index contributed by atoms with van der Waals surface area (Å²) in [5.74, 6) is -2.64. The summed E-state index contributed by atoms with van der Waals surface area (Å²) in [4.78, 5) is 11.4. The molecule has 6 heteroatoms. The molecule has 0 aromatic heterocycles. The van der Waals surface area contributed by atoms with Gasteiger partial charge in [-0.15, -0.1) is 11.8 Å². The van der Waals surface area contributed by atoms with Crippen molar-refractivity contribution in [1.82, 2.24) is 0 Å². The number of ether oxygens (including phenoxy) is 1. The van der Waals surface area contributed by atoms with E-state index in [1.807, 2.05) is 0 Å². The summed E-state index contributed by atoms with van der Waals surface area (Å²) in [6.07, 6.45) is 1.11. The maximum atomic E-state index is 13.9. The van der Waals surface area contributed by atoms with Crippen LogP contribution in [0.3, 0.4) is 0 Å². The van der Waals surface area contributed by atoms with Crippen LogP contribution in [0.15, 0.2) is 11.0 Å². The zero-order chi connectivity index (χ0) is 13.2. The first-order valence-electron chi connectivity index (χ1n) is 4.91. The molecule has 0 radical (unpaired) electrons. The molecule has 1 rings (SSSR count). The number of halogens is 2. The highest BCUT2D eigenvalue weighted by molar-refractivity contribution is 7.98. The SMILES string of the molecule is CSc1c(F)cc(N)c(C(=O)OC(C)C)c1F. The summed E-state index contributed by atoms with van der Waals surface area (Å²) in [5.41, 5.74) is 4.76. The maximum absolute atomic E-state index is 13.9. The molecule has 94 valence electrons. The van der Waals surface area contributed by atoms with Gasteiger partial charge in [0.1, 0.15) is 11.4 Å². The van der Waals surface area contributed by atoms with Crippen LogP contribution in [0.25, 0.3) is 0 Å². The molecular weight excluding hydrogens is 248 g/mol. The molecule has 0 fully saturated rings. The predicted octanol–water partition coefficient (Wildman–Crippen LogP) is 2.83. The van der Waals surface area contributed by atoms with Crippen molar-refractivity contribution in [3.63, 3.8) is 0 Å². The molecule has 0 saturated heterocycles. The van der Waals surface area contributed by atoms with Crippen molar-refractivity contribution < 1.29 is 18.3 Å². The number of hydrogen-bond donors (Lipinski definition) is 1. The molecule has 2 N–H and O–H groups in total. The summed E-state index contributed by atoms with van der Waals surface area (Å²) >= 11 is 0.868. The molecule has 0 bridgehead atoms. The van der Waals surface area contributed by atoms with E-state index in [-0.39, 0.29) is 10.6 Å². The Kier molecular flexibility index (Phi) is 4.34. The van der Waals surface area contributed by atoms with Crippen molar-refractivity contribution in [2.45, 2.75) is 24.8 Å². The van der Waals surface area contributed by atoms with E-state index in [1.165, 1.54) is 6.26 Å². The molecule has 0 saturated carbocycles. The van der Waals surface area contributed by atoms with Crippen molar-refractivity contribution in [3.05, 3.63) is 23.3 Å². The number of esters is 1. The Morgan fingerprint density at radius 3 is 2.53 bits per heavy atom. The molecule has 0 aliphatic rings. The molecule has 0 spiro atoms. The molecule has 0 aliphatic carbocycles. The number of nitrogen functional groups attached to an aromatic ring is 1. The monoisotopic (exact) mass is 261 g/mol. The van der Waals surface area contributed by atoms with Gasteiger partial charge in [0.2, 0.25) is 0 Å². The van der Waals surface area contributed by atoms with Crippen LogP contribution in [0.1, 0.15) is 24.2 Å². The van der Waals surface area contributed by atoms with Crippen LogP contribution in [0.5, 0.6) is 0 Å². The van der Waals surface area contributed by atoms with Crippen LogP contribution in [-0.4, -0.2) is 18.3 Å². The Labute approximate surface area is 102 Å². The average Bonchev–Trinajstić information content (AvgIpc) is 2.15. The predicted molar refractivity (Wildman–Crippen MR) is 63.1 cm³/mol. The Morgan fingerprint density at radius 2 is 2.06 bits per heavy atom. The van der Waals surface area contributed by atoms with E-state index in [0.29, 0.717) is 0 Å². The van der Waals surface area contributed by atoms with E-state index in [4.69, 9.17) is 10.5 Å². The highest BCUT2D eigenvalue weighted by Gasteiger charge is 2.23. The van der Waals surface area contributed by atoms with Gasteiger partial charge in [-0.25, -0.2) is 13.6 Å². The molecule has 0 heterocycles. The molecule has 0 unspecified atom stereocenters. The van der Waals surface area contributed by atoms with Crippen LogP contribution in [0, 0.1) is 11.6 Å². The third-order valence-electron chi connectivity index (χ3n) is 1.96. The number of thioether (sulfide) groups is 1. The third-order valence-corrected chi connectivity index (χ3v) is 2.74. The summed E-state index contributed by atoms with van der Waals surface area (Å²) in [7, 11) is 0. The maximum Gasteiger partial charge on any atom is 0.343 e. The van der Waals surface area contributed by atoms with Gasteiger partial charge in [0.15, 0.2) is 5.82 Å². The number of anilines is 1. The minimum Gasteiger partial charge on any atom is -0.459 e. The fourth-order valence-electron chi connectivity index (χ4n) is 1.29. The third kappa shape index (κ3) is 2.88. The molecule has 17 heavy (non-hydrogen) atoms. The van der Waals surface area contributed by atoms with Gasteiger partial charge in [0.05, 0.1) is 16.7 Å². The van der Waals surface area contributed by atoms with Gasteiger partial charge in [0.25, 0.3) is 0 Å². The average molecular weight is 261 g/mol. The van der Waals surface area contributed by atoms with Crippen LogP contribution in [0.4, 0.5) is 14.5 Å². The normalized spacial score (nSPS) is 10.7. The Bertz CT molecular complexity index is 450. The van der Waals surface area contributed by atoms with Crippen molar-refractivity contribution in [2.24, 2.45) is 0 Å². The minimum atomic E-state index is -0.972. The lowest BCUT2D eigenvalue weighted by Crippen LogP contribution is -2.16. The van der Waals surface area contributed by atoms with Gasteiger partial charge in [-0.1, -0.05) is 0 Å². The lowest BCUT2D eigenvalue weighted by Gasteiger charge is -2.12. The van der Waals surface area contributed by atoms with Gasteiger partial charge in [-0.05, 0) is 26.2 Å². The smallest absolute Gasteiger partial charge is 0.343 e. The second-order valence-corrected chi connectivity index (χ2v) is 4.44. The largest absolute Gasteiger partial charge is 0.459 e. The van der Waals surface area contributed by atoms with E-state index in [0.717, 1.165) is 17.8 Å². The summed E-state index contributed by atoms with van der Waals surface area (Å²) in [6.45, 7) is 3.26. The molecular formula is C11H13F2NO2S. The van der Waals surface area contributed by atoms with Gasteiger partial charge in [-0.3, -0.25) is 0 Å². The van der Waals surface area contributed by atoms with Crippen LogP contribution >= 0.6 is 11.8 Å². The van der Waals surface area contributed by atoms with Crippen molar-refractivity contribution in [2.75, 3.05) is 12.0 Å². The first-order valence-corrected chi connectivity index (χ1v) is 6.13. The first kappa shape index (κ1) is 13.8. The van der Waals surface area contributed by atoms with Gasteiger partial charge in [-0.2, -0.15) is 0 Å². The Hall–Kier alpha value is -1.30. The van der Waals surface area contributed by atoms with E-state index in [9.17, 15) is 13.6 Å². The van der Waals surface area contributed by atoms with Gasteiger partial charge >= 0.3 is 5.97 Å². The number of nitrogens with two attached hydrogens (primary N) is 1. The molecule has 1 aromatic rings. The van der Waals surface area contributed by atoms with E-state index in [2.05, 4.69) is 0 Å². The lowest BCUT2D eigenvalue weighted by atomic mass is 10.1. The number of benzene rings is 1. The van der Waals surface area contributed by atoms with Gasteiger partial charge in [0, 0.05) is 0 Å². The summed E-state index contributed by atoms with van der Waals surface area (Å²) < 4.78 is 32.0. The molecule has 3 nitrogen and oxygen atoms in total. The Morgan fingerprint density at radius 1 is 1.47 bits per heavy atom.